The molecule has 2 fully saturated rings. The lowest BCUT2D eigenvalue weighted by atomic mass is 9.95. The molecule has 0 saturated carbocycles. The molecule has 0 radical (unpaired) electrons. The number of aliphatic hydroxyl groups excluding tert-OH is 1. The molecule has 2 heterocycles. The summed E-state index contributed by atoms with van der Waals surface area (Å²) in [5.74, 6) is -6.44. The molecule has 0 bridgehead atoms. The van der Waals surface area contributed by atoms with Gasteiger partial charge >= 0.3 is 41.8 Å². The van der Waals surface area contributed by atoms with Gasteiger partial charge in [0.25, 0.3) is 0 Å². The van der Waals surface area contributed by atoms with Crippen molar-refractivity contribution in [1.82, 2.24) is 0 Å². The Bertz CT molecular complexity index is 2240. The molecule has 2 aliphatic rings. The van der Waals surface area contributed by atoms with Crippen LogP contribution in [0.5, 0.6) is 0 Å². The van der Waals surface area contributed by atoms with Crippen LogP contribution in [0.1, 0.15) is 62.2 Å². The first-order valence-corrected chi connectivity index (χ1v) is 19.9. The first-order chi connectivity index (χ1) is 30.8. The number of benzene rings is 4. The maximum absolute atomic E-state index is 14.1. The molecule has 6 rings (SSSR count). The van der Waals surface area contributed by atoms with E-state index in [0.29, 0.717) is 0 Å². The Balaban J connectivity index is 1.50. The van der Waals surface area contributed by atoms with Crippen molar-refractivity contribution in [2.45, 2.75) is 82.2 Å². The molecule has 0 amide bonds. The lowest BCUT2D eigenvalue weighted by molar-refractivity contribution is -0.355. The van der Waals surface area contributed by atoms with Gasteiger partial charge in [0.1, 0.15) is 31.5 Å². The predicted octanol–water partition coefficient (Wildman–Crippen LogP) is 3.77. The van der Waals surface area contributed by atoms with Crippen LogP contribution >= 0.6 is 0 Å². The van der Waals surface area contributed by atoms with Gasteiger partial charge in [-0.1, -0.05) is 72.8 Å². The van der Waals surface area contributed by atoms with E-state index in [1.807, 2.05) is 0 Å². The van der Waals surface area contributed by atoms with E-state index in [1.165, 1.54) is 48.5 Å². The summed E-state index contributed by atoms with van der Waals surface area (Å²) in [6.07, 6.45) is -18.0. The third kappa shape index (κ3) is 12.1. The highest BCUT2D eigenvalue weighted by atomic mass is 16.8. The van der Waals surface area contributed by atoms with Gasteiger partial charge < -0.3 is 52.5 Å². The van der Waals surface area contributed by atoms with Gasteiger partial charge in [-0.15, -0.1) is 0 Å². The fraction of sp³-hybridized carbons (Fsp3) is 0.326. The molecule has 0 spiro atoms. The second-order valence-electron chi connectivity index (χ2n) is 14.3. The Kier molecular flexibility index (Phi) is 15.9. The topological polar surface area (TPSA) is 232 Å². The normalized spacial score (nSPS) is 25.1. The molecule has 0 unspecified atom stereocenters. The van der Waals surface area contributed by atoms with Crippen molar-refractivity contribution in [3.8, 4) is 0 Å². The van der Waals surface area contributed by atoms with Gasteiger partial charge in [-0.2, -0.15) is 0 Å². The Labute approximate surface area is 366 Å². The summed E-state index contributed by atoms with van der Waals surface area (Å²) in [5.41, 5.74) is 0.208. The van der Waals surface area contributed by atoms with Gasteiger partial charge in [-0.25, -0.2) is 19.2 Å². The molecule has 4 aromatic rings. The lowest BCUT2D eigenvalue weighted by Gasteiger charge is -2.48. The van der Waals surface area contributed by atoms with Crippen LogP contribution in [0.2, 0.25) is 0 Å². The monoisotopic (exact) mass is 884 g/mol. The van der Waals surface area contributed by atoms with Crippen LogP contribution in [-0.4, -0.2) is 122 Å². The van der Waals surface area contributed by atoms with Crippen LogP contribution in [0.25, 0.3) is 0 Å². The van der Waals surface area contributed by atoms with Gasteiger partial charge in [-0.3, -0.25) is 14.4 Å². The Morgan fingerprint density at radius 2 is 0.797 bits per heavy atom. The molecule has 18 heteroatoms. The van der Waals surface area contributed by atoms with Crippen molar-refractivity contribution >= 4 is 41.8 Å². The molecule has 2 aliphatic heterocycles. The quantitative estimate of drug-likeness (QED) is 0.132. The average Bonchev–Trinajstić information content (AvgIpc) is 3.29. The minimum Gasteiger partial charge on any atom is -0.463 e. The van der Waals surface area contributed by atoms with E-state index in [-0.39, 0.29) is 22.3 Å². The fourth-order valence-electron chi connectivity index (χ4n) is 6.83. The average molecular weight is 885 g/mol. The van der Waals surface area contributed by atoms with E-state index in [0.717, 1.165) is 20.8 Å². The standard InChI is InChI=1S/C46H44O18/c1-26(47)55-24-33-35(57-27(2)48)37(39(45(54)59-33)58-28(3)49)64-46-40(63-44(53)32-22-14-7-15-23-32)38(62-43(52)31-20-12-6-13-21-31)36(61-42(51)30-18-10-5-11-19-30)34(60-46)25-56-41(50)29-16-8-4-9-17-29/h4-23,33-40,45-46,54H,24-25H2,1-3H3/t33-,34-,35-,36-,37+,38+,39-,40-,45+,46+/m1/s1. The van der Waals surface area contributed by atoms with Crippen LogP contribution in [0.15, 0.2) is 121 Å². The summed E-state index contributed by atoms with van der Waals surface area (Å²) in [7, 11) is 0. The van der Waals surface area contributed by atoms with Gasteiger partial charge in [0.05, 0.1) is 22.3 Å². The number of esters is 7. The number of carbonyl (C=O) groups excluding carboxylic acids is 7. The maximum Gasteiger partial charge on any atom is 0.338 e. The smallest absolute Gasteiger partial charge is 0.338 e. The van der Waals surface area contributed by atoms with Gasteiger partial charge in [-0.05, 0) is 48.5 Å². The number of hydrogen-bond donors (Lipinski definition) is 1. The zero-order valence-corrected chi connectivity index (χ0v) is 34.6. The molecule has 64 heavy (non-hydrogen) atoms. The van der Waals surface area contributed by atoms with Crippen molar-refractivity contribution in [3.63, 3.8) is 0 Å². The second kappa shape index (κ2) is 21.9. The van der Waals surface area contributed by atoms with E-state index in [1.54, 1.807) is 72.8 Å². The summed E-state index contributed by atoms with van der Waals surface area (Å²) in [6, 6.07) is 30.8. The maximum atomic E-state index is 14.1. The lowest BCUT2D eigenvalue weighted by Crippen LogP contribution is -2.67. The molecule has 4 aromatic carbocycles. The largest absolute Gasteiger partial charge is 0.463 e. The van der Waals surface area contributed by atoms with Crippen LogP contribution in [-0.2, 0) is 61.8 Å². The van der Waals surface area contributed by atoms with E-state index in [2.05, 4.69) is 0 Å². The third-order valence-corrected chi connectivity index (χ3v) is 9.69. The van der Waals surface area contributed by atoms with Crippen LogP contribution in [0.4, 0.5) is 0 Å². The summed E-state index contributed by atoms with van der Waals surface area (Å²) in [5, 5.41) is 11.2. The van der Waals surface area contributed by atoms with Gasteiger partial charge in [0.15, 0.2) is 43.1 Å². The molecule has 0 aromatic heterocycles. The molecular weight excluding hydrogens is 840 g/mol. The van der Waals surface area contributed by atoms with Crippen LogP contribution in [0, 0.1) is 0 Å². The molecule has 0 aliphatic carbocycles. The highest BCUT2D eigenvalue weighted by molar-refractivity contribution is 5.91. The summed E-state index contributed by atoms with van der Waals surface area (Å²) < 4.78 is 58.6. The van der Waals surface area contributed by atoms with Crippen molar-refractivity contribution in [3.05, 3.63) is 144 Å². The molecule has 10 atom stereocenters. The highest BCUT2D eigenvalue weighted by Crippen LogP contribution is 2.36. The number of rotatable bonds is 15. The Morgan fingerprint density at radius 3 is 1.25 bits per heavy atom. The summed E-state index contributed by atoms with van der Waals surface area (Å²) in [6.45, 7) is 1.82. The second-order valence-corrected chi connectivity index (χ2v) is 14.3. The zero-order chi connectivity index (χ0) is 45.8. The third-order valence-electron chi connectivity index (χ3n) is 9.69. The first kappa shape index (κ1) is 46.5. The minimum atomic E-state index is -2.02. The van der Waals surface area contributed by atoms with E-state index < -0.39 is 116 Å². The molecule has 18 nitrogen and oxygen atoms in total. The van der Waals surface area contributed by atoms with Crippen molar-refractivity contribution in [2.24, 2.45) is 0 Å². The molecule has 336 valence electrons. The highest BCUT2D eigenvalue weighted by Gasteiger charge is 2.58. The molecule has 1 N–H and O–H groups in total. The molecular formula is C46H44O18. The van der Waals surface area contributed by atoms with E-state index >= 15 is 0 Å². The summed E-state index contributed by atoms with van der Waals surface area (Å²) in [4.78, 5) is 92.4. The Hall–Kier alpha value is -6.99. The van der Waals surface area contributed by atoms with Crippen molar-refractivity contribution in [1.29, 1.82) is 0 Å². The number of aliphatic hydroxyl groups is 1. The first-order valence-electron chi connectivity index (χ1n) is 19.9. The van der Waals surface area contributed by atoms with E-state index in [9.17, 15) is 38.7 Å². The van der Waals surface area contributed by atoms with Crippen LogP contribution < -0.4 is 0 Å². The number of ether oxygens (including phenoxy) is 10. The predicted molar refractivity (Wildman–Crippen MR) is 216 cm³/mol. The zero-order valence-electron chi connectivity index (χ0n) is 34.6. The van der Waals surface area contributed by atoms with Crippen molar-refractivity contribution < 1.29 is 86.0 Å². The fourth-order valence-corrected chi connectivity index (χ4v) is 6.83. The van der Waals surface area contributed by atoms with Gasteiger partial charge in [0.2, 0.25) is 0 Å². The van der Waals surface area contributed by atoms with E-state index in [4.69, 9.17) is 47.4 Å². The number of hydrogen-bond acceptors (Lipinski definition) is 18. The number of carbonyl (C=O) groups is 7. The van der Waals surface area contributed by atoms with Crippen molar-refractivity contribution in [2.75, 3.05) is 13.2 Å². The summed E-state index contributed by atoms with van der Waals surface area (Å²) >= 11 is 0. The SMILES string of the molecule is CC(=O)OC[C@H]1O[C@H](O)[C@H](OC(C)=O)[C@@H](O[C@@H]2O[C@H](COC(=O)c3ccccc3)[C@@H](OC(=O)c3ccccc3)[C@H](OC(=O)c3ccccc3)[C@H]2OC(=O)c2ccccc2)[C@@H]1OC(C)=O. The van der Waals surface area contributed by atoms with Gasteiger partial charge in [0, 0.05) is 20.8 Å². The molecule has 2 saturated heterocycles. The Morgan fingerprint density at radius 1 is 0.422 bits per heavy atom. The minimum absolute atomic E-state index is 0.00430. The van der Waals surface area contributed by atoms with Crippen LogP contribution in [0.3, 0.4) is 0 Å².